The third kappa shape index (κ3) is 5.43. The number of benzene rings is 2. The standard InChI is InChI=1S/C24H26N2O7/c1-5-32-24(29)15(2)33-20-8-6-7-18-17(20)11-12-26(23(18)28)14-22(27)25-19-13-16(30-3)9-10-21(19)31-4/h6-13,15H,5,14H2,1-4H3,(H,25,27). The number of rotatable bonds is 9. The Morgan fingerprint density at radius 1 is 1.03 bits per heavy atom. The first-order valence-electron chi connectivity index (χ1n) is 10.3. The van der Waals surface area contributed by atoms with Crippen molar-refractivity contribution in [1.82, 2.24) is 4.57 Å². The summed E-state index contributed by atoms with van der Waals surface area (Å²) in [6, 6.07) is 11.7. The summed E-state index contributed by atoms with van der Waals surface area (Å²) in [4.78, 5) is 37.5. The van der Waals surface area contributed by atoms with Crippen LogP contribution in [0.2, 0.25) is 0 Å². The molecule has 9 heteroatoms. The van der Waals surface area contributed by atoms with E-state index >= 15 is 0 Å². The molecule has 1 heterocycles. The van der Waals surface area contributed by atoms with Crippen molar-refractivity contribution in [2.24, 2.45) is 0 Å². The number of nitrogens with zero attached hydrogens (tertiary/aromatic N) is 1. The Morgan fingerprint density at radius 2 is 1.82 bits per heavy atom. The van der Waals surface area contributed by atoms with Crippen LogP contribution >= 0.6 is 0 Å². The average Bonchev–Trinajstić information content (AvgIpc) is 2.81. The zero-order valence-electron chi connectivity index (χ0n) is 18.9. The first-order valence-corrected chi connectivity index (χ1v) is 10.3. The molecule has 1 amide bonds. The van der Waals surface area contributed by atoms with E-state index in [2.05, 4.69) is 5.32 Å². The van der Waals surface area contributed by atoms with Crippen LogP contribution in [0.15, 0.2) is 53.5 Å². The Hall–Kier alpha value is -4.01. The Morgan fingerprint density at radius 3 is 2.52 bits per heavy atom. The van der Waals surface area contributed by atoms with Crippen LogP contribution < -0.4 is 25.1 Å². The van der Waals surface area contributed by atoms with Gasteiger partial charge in [0, 0.05) is 17.6 Å². The summed E-state index contributed by atoms with van der Waals surface area (Å²) in [6.07, 6.45) is 0.677. The fourth-order valence-corrected chi connectivity index (χ4v) is 3.27. The van der Waals surface area contributed by atoms with Gasteiger partial charge in [0.25, 0.3) is 5.56 Å². The molecule has 33 heavy (non-hydrogen) atoms. The molecular weight excluding hydrogens is 428 g/mol. The van der Waals surface area contributed by atoms with Gasteiger partial charge in [0.15, 0.2) is 6.10 Å². The van der Waals surface area contributed by atoms with Crippen LogP contribution in [0.5, 0.6) is 17.2 Å². The van der Waals surface area contributed by atoms with E-state index in [1.54, 1.807) is 56.3 Å². The van der Waals surface area contributed by atoms with Gasteiger partial charge in [-0.05, 0) is 44.2 Å². The molecule has 0 saturated carbocycles. The summed E-state index contributed by atoms with van der Waals surface area (Å²) in [5.74, 6) is 0.493. The zero-order valence-corrected chi connectivity index (χ0v) is 18.9. The number of hydrogen-bond donors (Lipinski definition) is 1. The lowest BCUT2D eigenvalue weighted by molar-refractivity contribution is -0.150. The summed E-state index contributed by atoms with van der Waals surface area (Å²) in [6.45, 7) is 3.33. The van der Waals surface area contributed by atoms with Crippen molar-refractivity contribution in [2.45, 2.75) is 26.5 Å². The lowest BCUT2D eigenvalue weighted by atomic mass is 10.1. The van der Waals surface area contributed by atoms with Crippen molar-refractivity contribution in [1.29, 1.82) is 0 Å². The number of pyridine rings is 1. The summed E-state index contributed by atoms with van der Waals surface area (Å²) >= 11 is 0. The van der Waals surface area contributed by atoms with Crippen LogP contribution in [0, 0.1) is 0 Å². The Labute approximate surface area is 190 Å². The van der Waals surface area contributed by atoms with E-state index in [4.69, 9.17) is 18.9 Å². The van der Waals surface area contributed by atoms with Gasteiger partial charge in [-0.15, -0.1) is 0 Å². The van der Waals surface area contributed by atoms with E-state index in [9.17, 15) is 14.4 Å². The maximum Gasteiger partial charge on any atom is 0.347 e. The highest BCUT2D eigenvalue weighted by atomic mass is 16.6. The molecule has 0 aliphatic heterocycles. The van der Waals surface area contributed by atoms with Gasteiger partial charge in [-0.25, -0.2) is 4.79 Å². The van der Waals surface area contributed by atoms with Crippen LogP contribution in [0.25, 0.3) is 10.8 Å². The van der Waals surface area contributed by atoms with Gasteiger partial charge in [0.1, 0.15) is 23.8 Å². The third-order valence-electron chi connectivity index (χ3n) is 4.90. The van der Waals surface area contributed by atoms with Gasteiger partial charge in [-0.1, -0.05) is 6.07 Å². The van der Waals surface area contributed by atoms with Crippen molar-refractivity contribution in [3.8, 4) is 17.2 Å². The molecule has 0 saturated heterocycles. The quantitative estimate of drug-likeness (QED) is 0.496. The molecule has 1 aromatic heterocycles. The zero-order chi connectivity index (χ0) is 24.0. The molecule has 0 aliphatic rings. The smallest absolute Gasteiger partial charge is 0.347 e. The molecule has 9 nitrogen and oxygen atoms in total. The molecule has 3 rings (SSSR count). The minimum Gasteiger partial charge on any atom is -0.497 e. The van der Waals surface area contributed by atoms with Crippen molar-refractivity contribution in [3.63, 3.8) is 0 Å². The van der Waals surface area contributed by atoms with E-state index in [0.717, 1.165) is 0 Å². The number of methoxy groups -OCH3 is 2. The van der Waals surface area contributed by atoms with Gasteiger partial charge in [-0.2, -0.15) is 0 Å². The van der Waals surface area contributed by atoms with Crippen LogP contribution in [0.1, 0.15) is 13.8 Å². The highest BCUT2D eigenvalue weighted by Gasteiger charge is 2.18. The number of hydrogen-bond acceptors (Lipinski definition) is 7. The summed E-state index contributed by atoms with van der Waals surface area (Å²) in [5, 5.41) is 3.63. The van der Waals surface area contributed by atoms with Gasteiger partial charge >= 0.3 is 5.97 Å². The predicted molar refractivity (Wildman–Crippen MR) is 123 cm³/mol. The van der Waals surface area contributed by atoms with Gasteiger partial charge < -0.3 is 28.8 Å². The molecular formula is C24H26N2O7. The van der Waals surface area contributed by atoms with E-state index in [1.807, 2.05) is 0 Å². The minimum absolute atomic E-state index is 0.209. The van der Waals surface area contributed by atoms with Gasteiger partial charge in [0.05, 0.1) is 31.9 Å². The Bertz CT molecular complexity index is 1220. The minimum atomic E-state index is -0.832. The second-order valence-electron chi connectivity index (χ2n) is 7.09. The molecule has 2 aromatic carbocycles. The summed E-state index contributed by atoms with van der Waals surface area (Å²) in [5.41, 5.74) is 0.0637. The maximum absolute atomic E-state index is 13.0. The van der Waals surface area contributed by atoms with Crippen LogP contribution in [0.4, 0.5) is 5.69 Å². The molecule has 1 unspecified atom stereocenters. The van der Waals surface area contributed by atoms with Crippen molar-refractivity contribution < 1.29 is 28.5 Å². The Kier molecular flexibility index (Phi) is 7.55. The number of ether oxygens (including phenoxy) is 4. The normalized spacial score (nSPS) is 11.5. The second-order valence-corrected chi connectivity index (χ2v) is 7.09. The number of anilines is 1. The first-order chi connectivity index (χ1) is 15.9. The molecule has 0 fully saturated rings. The fraction of sp³-hybridized carbons (Fsp3) is 0.292. The molecule has 0 bridgehead atoms. The first kappa shape index (κ1) is 23.6. The molecule has 0 aliphatic carbocycles. The van der Waals surface area contributed by atoms with E-state index in [0.29, 0.717) is 33.7 Å². The number of esters is 1. The molecule has 1 atom stereocenters. The topological polar surface area (TPSA) is 105 Å². The van der Waals surface area contributed by atoms with Crippen molar-refractivity contribution >= 4 is 28.3 Å². The second kappa shape index (κ2) is 10.5. The molecule has 1 N–H and O–H groups in total. The average molecular weight is 454 g/mol. The number of fused-ring (bicyclic) bond motifs is 1. The van der Waals surface area contributed by atoms with Crippen LogP contribution in [-0.2, 0) is 20.9 Å². The van der Waals surface area contributed by atoms with Crippen LogP contribution in [0.3, 0.4) is 0 Å². The summed E-state index contributed by atoms with van der Waals surface area (Å²) < 4.78 is 22.4. The lowest BCUT2D eigenvalue weighted by Gasteiger charge is -2.16. The monoisotopic (exact) mass is 454 g/mol. The molecule has 0 spiro atoms. The van der Waals surface area contributed by atoms with Crippen molar-refractivity contribution in [3.05, 3.63) is 59.0 Å². The molecule has 3 aromatic rings. The highest BCUT2D eigenvalue weighted by Crippen LogP contribution is 2.29. The van der Waals surface area contributed by atoms with Gasteiger partial charge in [0.2, 0.25) is 5.91 Å². The van der Waals surface area contributed by atoms with E-state index in [1.165, 1.54) is 25.0 Å². The number of amides is 1. The van der Waals surface area contributed by atoms with E-state index in [-0.39, 0.29) is 18.7 Å². The van der Waals surface area contributed by atoms with Crippen LogP contribution in [-0.4, -0.2) is 43.4 Å². The molecule has 0 radical (unpaired) electrons. The molecule has 174 valence electrons. The van der Waals surface area contributed by atoms with Gasteiger partial charge in [-0.3, -0.25) is 9.59 Å². The Balaban J connectivity index is 1.83. The number of carbonyl (C=O) groups is 2. The van der Waals surface area contributed by atoms with E-state index < -0.39 is 18.0 Å². The van der Waals surface area contributed by atoms with Crippen molar-refractivity contribution in [2.75, 3.05) is 26.1 Å². The number of carbonyl (C=O) groups excluding carboxylic acids is 2. The SMILES string of the molecule is CCOC(=O)C(C)Oc1cccc2c(=O)n(CC(=O)Nc3cc(OC)ccc3OC)ccc12. The number of aromatic nitrogens is 1. The lowest BCUT2D eigenvalue weighted by Crippen LogP contribution is -2.28. The fourth-order valence-electron chi connectivity index (χ4n) is 3.27. The maximum atomic E-state index is 13.0. The predicted octanol–water partition coefficient (Wildman–Crippen LogP) is 2.99. The largest absolute Gasteiger partial charge is 0.497 e. The summed E-state index contributed by atoms with van der Waals surface area (Å²) in [7, 11) is 3.02. The number of nitrogens with one attached hydrogen (secondary N) is 1. The third-order valence-corrected chi connectivity index (χ3v) is 4.90. The highest BCUT2D eigenvalue weighted by molar-refractivity contribution is 5.93.